The van der Waals surface area contributed by atoms with E-state index in [4.69, 9.17) is 0 Å². The van der Waals surface area contributed by atoms with E-state index in [-0.39, 0.29) is 5.69 Å². The first-order chi connectivity index (χ1) is 9.16. The number of nitrogens with zero attached hydrogens (tertiary/aromatic N) is 3. The minimum atomic E-state index is -0.403. The van der Waals surface area contributed by atoms with E-state index < -0.39 is 4.92 Å². The molecule has 5 nitrogen and oxygen atoms in total. The van der Waals surface area contributed by atoms with Crippen molar-refractivity contribution in [3.8, 4) is 5.69 Å². The molecule has 0 atom stereocenters. The van der Waals surface area contributed by atoms with Gasteiger partial charge in [0.05, 0.1) is 16.1 Å². The summed E-state index contributed by atoms with van der Waals surface area (Å²) in [7, 11) is 0. The lowest BCUT2D eigenvalue weighted by Gasteiger charge is -2.02. The van der Waals surface area contributed by atoms with E-state index in [9.17, 15) is 10.1 Å². The zero-order valence-electron chi connectivity index (χ0n) is 9.65. The molecule has 2 aromatic carbocycles. The Kier molecular flexibility index (Phi) is 2.94. The van der Waals surface area contributed by atoms with Crippen LogP contribution in [-0.2, 0) is 0 Å². The van der Waals surface area contributed by atoms with Gasteiger partial charge in [-0.2, -0.15) is 5.10 Å². The highest BCUT2D eigenvalue weighted by atomic mass is 127. The number of non-ortho nitro benzene ring substituents is 1. The van der Waals surface area contributed by atoms with Gasteiger partial charge in [-0.15, -0.1) is 0 Å². The fraction of sp³-hybridized carbons (Fsp3) is 0. The first-order valence-corrected chi connectivity index (χ1v) is 6.63. The Morgan fingerprint density at radius 2 is 1.95 bits per heavy atom. The molecule has 0 N–H and O–H groups in total. The van der Waals surface area contributed by atoms with Gasteiger partial charge in [0.2, 0.25) is 0 Å². The molecule has 0 amide bonds. The monoisotopic (exact) mass is 365 g/mol. The van der Waals surface area contributed by atoms with Crippen molar-refractivity contribution in [2.24, 2.45) is 0 Å². The Bertz CT molecular complexity index is 782. The number of benzene rings is 2. The second-order valence-electron chi connectivity index (χ2n) is 4.00. The largest absolute Gasteiger partial charge is 0.271 e. The van der Waals surface area contributed by atoms with E-state index in [1.807, 2.05) is 30.3 Å². The molecule has 0 bridgehead atoms. The highest BCUT2D eigenvalue weighted by Crippen LogP contribution is 2.24. The van der Waals surface area contributed by atoms with Crippen LogP contribution in [0.3, 0.4) is 0 Å². The molecule has 0 aliphatic heterocycles. The second-order valence-corrected chi connectivity index (χ2v) is 5.02. The zero-order chi connectivity index (χ0) is 13.4. The SMILES string of the molecule is O=[N+]([O-])c1cccc(-n2nc(I)c3ccccc32)c1. The van der Waals surface area contributed by atoms with Crippen LogP contribution in [0.4, 0.5) is 5.69 Å². The molecule has 94 valence electrons. The molecule has 1 heterocycles. The summed E-state index contributed by atoms with van der Waals surface area (Å²) >= 11 is 2.16. The van der Waals surface area contributed by atoms with Crippen LogP contribution in [0.5, 0.6) is 0 Å². The minimum Gasteiger partial charge on any atom is -0.258 e. The number of rotatable bonds is 2. The predicted molar refractivity (Wildman–Crippen MR) is 80.4 cm³/mol. The molecule has 3 aromatic rings. The molecule has 0 saturated heterocycles. The Morgan fingerprint density at radius 1 is 1.16 bits per heavy atom. The van der Waals surface area contributed by atoms with Gasteiger partial charge in [0.1, 0.15) is 3.70 Å². The van der Waals surface area contributed by atoms with Crippen molar-refractivity contribution in [2.75, 3.05) is 0 Å². The highest BCUT2D eigenvalue weighted by Gasteiger charge is 2.12. The van der Waals surface area contributed by atoms with Crippen molar-refractivity contribution < 1.29 is 4.92 Å². The van der Waals surface area contributed by atoms with E-state index in [1.54, 1.807) is 10.7 Å². The van der Waals surface area contributed by atoms with Gasteiger partial charge >= 0.3 is 0 Å². The van der Waals surface area contributed by atoms with Crippen molar-refractivity contribution in [2.45, 2.75) is 0 Å². The summed E-state index contributed by atoms with van der Waals surface area (Å²) in [4.78, 5) is 10.4. The number of aromatic nitrogens is 2. The standard InChI is InChI=1S/C13H8IN3O2/c14-13-11-6-1-2-7-12(11)16(15-13)9-4-3-5-10(8-9)17(18)19/h1-8H. The lowest BCUT2D eigenvalue weighted by Crippen LogP contribution is -1.97. The van der Waals surface area contributed by atoms with E-state index in [0.29, 0.717) is 5.69 Å². The summed E-state index contributed by atoms with van der Waals surface area (Å²) in [5.41, 5.74) is 1.69. The first kappa shape index (κ1) is 12.1. The van der Waals surface area contributed by atoms with Crippen LogP contribution < -0.4 is 0 Å². The van der Waals surface area contributed by atoms with E-state index >= 15 is 0 Å². The maximum absolute atomic E-state index is 10.8. The van der Waals surface area contributed by atoms with E-state index in [0.717, 1.165) is 14.6 Å². The molecule has 0 fully saturated rings. The van der Waals surface area contributed by atoms with Crippen LogP contribution in [0.25, 0.3) is 16.6 Å². The predicted octanol–water partition coefficient (Wildman–Crippen LogP) is 3.54. The molecule has 0 aliphatic rings. The van der Waals surface area contributed by atoms with E-state index in [1.165, 1.54) is 12.1 Å². The van der Waals surface area contributed by atoms with Gasteiger partial charge in [-0.3, -0.25) is 10.1 Å². The van der Waals surface area contributed by atoms with Crippen molar-refractivity contribution in [3.05, 3.63) is 62.3 Å². The maximum atomic E-state index is 10.8. The summed E-state index contributed by atoms with van der Waals surface area (Å²) in [5.74, 6) is 0. The van der Waals surface area contributed by atoms with Crippen LogP contribution in [-0.4, -0.2) is 14.7 Å². The van der Waals surface area contributed by atoms with Crippen LogP contribution in [0.1, 0.15) is 0 Å². The average molecular weight is 365 g/mol. The summed E-state index contributed by atoms with van der Waals surface area (Å²) in [6.45, 7) is 0. The fourth-order valence-electron chi connectivity index (χ4n) is 1.96. The molecule has 6 heteroatoms. The summed E-state index contributed by atoms with van der Waals surface area (Å²) < 4.78 is 2.60. The number of halogens is 1. The Hall–Kier alpha value is -1.96. The Labute approximate surface area is 122 Å². The molecule has 19 heavy (non-hydrogen) atoms. The van der Waals surface area contributed by atoms with Gasteiger partial charge in [-0.25, -0.2) is 4.68 Å². The van der Waals surface area contributed by atoms with Crippen LogP contribution in [0.15, 0.2) is 48.5 Å². The number of hydrogen-bond donors (Lipinski definition) is 0. The third kappa shape index (κ3) is 2.07. The van der Waals surface area contributed by atoms with Gasteiger partial charge < -0.3 is 0 Å². The number of fused-ring (bicyclic) bond motifs is 1. The zero-order valence-corrected chi connectivity index (χ0v) is 11.8. The highest BCUT2D eigenvalue weighted by molar-refractivity contribution is 14.1. The molecule has 0 unspecified atom stereocenters. The van der Waals surface area contributed by atoms with Crippen molar-refractivity contribution in [1.82, 2.24) is 9.78 Å². The number of nitro benzene ring substituents is 1. The summed E-state index contributed by atoms with van der Waals surface area (Å²) in [5, 5.41) is 16.3. The smallest absolute Gasteiger partial charge is 0.258 e. The minimum absolute atomic E-state index is 0.0621. The topological polar surface area (TPSA) is 61.0 Å². The number of para-hydroxylation sites is 1. The number of nitro groups is 1. The van der Waals surface area contributed by atoms with Crippen LogP contribution in [0.2, 0.25) is 0 Å². The molecule has 0 aliphatic carbocycles. The second kappa shape index (κ2) is 4.61. The van der Waals surface area contributed by atoms with Gasteiger partial charge in [0, 0.05) is 17.5 Å². The summed E-state index contributed by atoms with van der Waals surface area (Å²) in [6.07, 6.45) is 0. The fourth-order valence-corrected chi connectivity index (χ4v) is 2.64. The normalized spacial score (nSPS) is 10.8. The molecular weight excluding hydrogens is 357 g/mol. The molecule has 0 spiro atoms. The van der Waals surface area contributed by atoms with Crippen LogP contribution in [0, 0.1) is 13.8 Å². The first-order valence-electron chi connectivity index (χ1n) is 5.55. The van der Waals surface area contributed by atoms with Crippen molar-refractivity contribution in [1.29, 1.82) is 0 Å². The van der Waals surface area contributed by atoms with E-state index in [2.05, 4.69) is 27.7 Å². The van der Waals surface area contributed by atoms with Gasteiger partial charge in [-0.05, 0) is 34.7 Å². The van der Waals surface area contributed by atoms with Gasteiger partial charge in [0.15, 0.2) is 0 Å². The van der Waals surface area contributed by atoms with Crippen molar-refractivity contribution >= 4 is 39.2 Å². The molecule has 3 rings (SSSR count). The lowest BCUT2D eigenvalue weighted by molar-refractivity contribution is -0.384. The van der Waals surface area contributed by atoms with Gasteiger partial charge in [-0.1, -0.05) is 24.3 Å². The number of hydrogen-bond acceptors (Lipinski definition) is 3. The third-order valence-electron chi connectivity index (χ3n) is 2.83. The molecule has 1 aromatic heterocycles. The molecule has 0 saturated carbocycles. The maximum Gasteiger partial charge on any atom is 0.271 e. The third-order valence-corrected chi connectivity index (χ3v) is 3.62. The summed E-state index contributed by atoms with van der Waals surface area (Å²) in [6, 6.07) is 14.3. The van der Waals surface area contributed by atoms with Gasteiger partial charge in [0.25, 0.3) is 5.69 Å². The molecule has 0 radical (unpaired) electrons. The molecular formula is C13H8IN3O2. The Morgan fingerprint density at radius 3 is 2.74 bits per heavy atom. The Balaban J connectivity index is 2.25. The van der Waals surface area contributed by atoms with Crippen LogP contribution >= 0.6 is 22.6 Å². The lowest BCUT2D eigenvalue weighted by atomic mass is 10.2. The van der Waals surface area contributed by atoms with Crippen molar-refractivity contribution in [3.63, 3.8) is 0 Å². The quantitative estimate of drug-likeness (QED) is 0.397. The average Bonchev–Trinajstić information content (AvgIpc) is 2.77.